The van der Waals surface area contributed by atoms with Crippen LogP contribution in [0, 0.1) is 11.8 Å². The lowest BCUT2D eigenvalue weighted by Crippen LogP contribution is -2.43. The van der Waals surface area contributed by atoms with Crippen molar-refractivity contribution in [1.82, 2.24) is 10.2 Å². The fourth-order valence-corrected chi connectivity index (χ4v) is 4.08. The molecule has 0 bridgehead atoms. The minimum atomic E-state index is 0. The Morgan fingerprint density at radius 3 is 2.88 bits per heavy atom. The van der Waals surface area contributed by atoms with E-state index >= 15 is 0 Å². The standard InChI is InChI=1S/C19H26N2O3.ClH/c1-20-11-13-3-2-6-21(12-13)19(22)16-10-15(16)14-4-5-17-18(9-14)24-8-7-23-17;/h4-5,9,13,15-16,20H,2-3,6-8,10-12H2,1H3;1H. The van der Waals surface area contributed by atoms with Gasteiger partial charge < -0.3 is 19.7 Å². The molecule has 2 aliphatic heterocycles. The minimum Gasteiger partial charge on any atom is -0.486 e. The molecular weight excluding hydrogens is 340 g/mol. The molecule has 5 nitrogen and oxygen atoms in total. The van der Waals surface area contributed by atoms with Crippen molar-refractivity contribution < 1.29 is 14.3 Å². The van der Waals surface area contributed by atoms with Crippen molar-refractivity contribution >= 4 is 18.3 Å². The van der Waals surface area contributed by atoms with Crippen molar-refractivity contribution in [1.29, 1.82) is 0 Å². The number of carbonyl (C=O) groups is 1. The lowest BCUT2D eigenvalue weighted by atomic mass is 9.97. The van der Waals surface area contributed by atoms with E-state index in [0.717, 1.165) is 44.0 Å². The SMILES string of the molecule is CNCC1CCCN(C(=O)C2CC2c2ccc3c(c2)OCCO3)C1.Cl. The summed E-state index contributed by atoms with van der Waals surface area (Å²) in [5.74, 6) is 3.08. The molecule has 0 aromatic heterocycles. The quantitative estimate of drug-likeness (QED) is 0.889. The molecule has 1 saturated carbocycles. The zero-order chi connectivity index (χ0) is 16.5. The molecule has 1 saturated heterocycles. The fourth-order valence-electron chi connectivity index (χ4n) is 4.08. The highest BCUT2D eigenvalue weighted by atomic mass is 35.5. The molecule has 1 N–H and O–H groups in total. The van der Waals surface area contributed by atoms with Crippen LogP contribution in [-0.4, -0.2) is 50.7 Å². The van der Waals surface area contributed by atoms with Gasteiger partial charge in [-0.05, 0) is 62.4 Å². The smallest absolute Gasteiger partial charge is 0.226 e. The highest BCUT2D eigenvalue weighted by molar-refractivity contribution is 5.85. The zero-order valence-electron chi connectivity index (χ0n) is 14.7. The van der Waals surface area contributed by atoms with Crippen LogP contribution in [0.1, 0.15) is 30.7 Å². The molecule has 0 radical (unpaired) electrons. The van der Waals surface area contributed by atoms with E-state index in [9.17, 15) is 4.79 Å². The van der Waals surface area contributed by atoms with Gasteiger partial charge in [-0.25, -0.2) is 0 Å². The number of nitrogens with zero attached hydrogens (tertiary/aromatic N) is 1. The van der Waals surface area contributed by atoms with Crippen LogP contribution in [0.3, 0.4) is 0 Å². The Bertz CT molecular complexity index is 623. The maximum absolute atomic E-state index is 12.8. The second kappa shape index (κ2) is 7.83. The molecule has 3 aliphatic rings. The number of ether oxygens (including phenoxy) is 2. The number of carbonyl (C=O) groups excluding carboxylic acids is 1. The van der Waals surface area contributed by atoms with Gasteiger partial charge in [0.1, 0.15) is 13.2 Å². The number of fused-ring (bicyclic) bond motifs is 1. The second-order valence-electron chi connectivity index (χ2n) is 7.20. The number of amides is 1. The molecule has 6 heteroatoms. The minimum absolute atomic E-state index is 0. The van der Waals surface area contributed by atoms with E-state index in [2.05, 4.69) is 22.3 Å². The van der Waals surface area contributed by atoms with Gasteiger partial charge in [-0.3, -0.25) is 4.79 Å². The summed E-state index contributed by atoms with van der Waals surface area (Å²) >= 11 is 0. The van der Waals surface area contributed by atoms with Crippen LogP contribution in [0.4, 0.5) is 0 Å². The number of likely N-dealkylation sites (tertiary alicyclic amines) is 1. The topological polar surface area (TPSA) is 50.8 Å². The molecule has 4 rings (SSSR count). The summed E-state index contributed by atoms with van der Waals surface area (Å²) in [6.07, 6.45) is 3.31. The molecule has 1 aromatic carbocycles. The van der Waals surface area contributed by atoms with Crippen molar-refractivity contribution in [3.63, 3.8) is 0 Å². The molecular formula is C19H27ClN2O3. The van der Waals surface area contributed by atoms with Crippen LogP contribution in [0.2, 0.25) is 0 Å². The summed E-state index contributed by atoms with van der Waals surface area (Å²) in [4.78, 5) is 14.9. The van der Waals surface area contributed by atoms with Crippen LogP contribution in [0.25, 0.3) is 0 Å². The Labute approximate surface area is 155 Å². The predicted molar refractivity (Wildman–Crippen MR) is 98.8 cm³/mol. The van der Waals surface area contributed by atoms with Gasteiger partial charge in [0.2, 0.25) is 5.91 Å². The predicted octanol–water partition coefficient (Wildman–Crippen LogP) is 2.44. The first-order valence-electron chi connectivity index (χ1n) is 9.09. The van der Waals surface area contributed by atoms with Crippen LogP contribution in [-0.2, 0) is 4.79 Å². The molecule has 25 heavy (non-hydrogen) atoms. The number of hydrogen-bond donors (Lipinski definition) is 1. The van der Waals surface area contributed by atoms with Crippen molar-refractivity contribution in [2.75, 3.05) is 39.9 Å². The normalized spacial score (nSPS) is 27.4. The van der Waals surface area contributed by atoms with Gasteiger partial charge >= 0.3 is 0 Å². The maximum Gasteiger partial charge on any atom is 0.226 e. The Morgan fingerprint density at radius 2 is 2.08 bits per heavy atom. The number of halogens is 1. The molecule has 2 fully saturated rings. The highest BCUT2D eigenvalue weighted by Gasteiger charge is 2.46. The largest absolute Gasteiger partial charge is 0.486 e. The monoisotopic (exact) mass is 366 g/mol. The van der Waals surface area contributed by atoms with Gasteiger partial charge in [0.25, 0.3) is 0 Å². The molecule has 3 unspecified atom stereocenters. The number of nitrogens with one attached hydrogen (secondary N) is 1. The van der Waals surface area contributed by atoms with Crippen LogP contribution < -0.4 is 14.8 Å². The summed E-state index contributed by atoms with van der Waals surface area (Å²) in [6, 6.07) is 6.13. The summed E-state index contributed by atoms with van der Waals surface area (Å²) in [6.45, 7) is 4.04. The van der Waals surface area contributed by atoms with Gasteiger partial charge in [0.05, 0.1) is 0 Å². The lowest BCUT2D eigenvalue weighted by molar-refractivity contribution is -0.134. The number of benzene rings is 1. The lowest BCUT2D eigenvalue weighted by Gasteiger charge is -2.33. The van der Waals surface area contributed by atoms with Crippen LogP contribution in [0.15, 0.2) is 18.2 Å². The Morgan fingerprint density at radius 1 is 1.28 bits per heavy atom. The molecule has 1 amide bonds. The van der Waals surface area contributed by atoms with Crippen LogP contribution in [0.5, 0.6) is 11.5 Å². The van der Waals surface area contributed by atoms with Crippen molar-refractivity contribution in [2.24, 2.45) is 11.8 Å². The summed E-state index contributed by atoms with van der Waals surface area (Å²) in [5, 5.41) is 3.24. The number of rotatable bonds is 4. The summed E-state index contributed by atoms with van der Waals surface area (Å²) in [7, 11) is 1.99. The Kier molecular flexibility index (Phi) is 5.74. The van der Waals surface area contributed by atoms with E-state index in [1.54, 1.807) is 0 Å². The molecule has 2 heterocycles. The average Bonchev–Trinajstić information content (AvgIpc) is 3.42. The van der Waals surface area contributed by atoms with Gasteiger partial charge in [0, 0.05) is 19.0 Å². The second-order valence-corrected chi connectivity index (χ2v) is 7.20. The molecule has 1 aromatic rings. The van der Waals surface area contributed by atoms with E-state index in [4.69, 9.17) is 9.47 Å². The van der Waals surface area contributed by atoms with Gasteiger partial charge in [-0.15, -0.1) is 12.4 Å². The average molecular weight is 367 g/mol. The van der Waals surface area contributed by atoms with Gasteiger partial charge in [-0.1, -0.05) is 6.07 Å². The maximum atomic E-state index is 12.8. The third kappa shape index (κ3) is 3.87. The number of hydrogen-bond acceptors (Lipinski definition) is 4. The highest BCUT2D eigenvalue weighted by Crippen LogP contribution is 2.50. The fraction of sp³-hybridized carbons (Fsp3) is 0.632. The first kappa shape index (κ1) is 18.3. The van der Waals surface area contributed by atoms with Crippen LogP contribution >= 0.6 is 12.4 Å². The first-order chi connectivity index (χ1) is 11.8. The van der Waals surface area contributed by atoms with E-state index in [-0.39, 0.29) is 18.3 Å². The van der Waals surface area contributed by atoms with Crippen molar-refractivity contribution in [3.8, 4) is 11.5 Å². The van der Waals surface area contributed by atoms with Gasteiger partial charge in [0.15, 0.2) is 11.5 Å². The van der Waals surface area contributed by atoms with Gasteiger partial charge in [-0.2, -0.15) is 0 Å². The molecule has 0 spiro atoms. The third-order valence-corrected chi connectivity index (χ3v) is 5.43. The van der Waals surface area contributed by atoms with Crippen molar-refractivity contribution in [3.05, 3.63) is 23.8 Å². The summed E-state index contributed by atoms with van der Waals surface area (Å²) < 4.78 is 11.2. The first-order valence-corrected chi connectivity index (χ1v) is 9.09. The molecule has 3 atom stereocenters. The Balaban J connectivity index is 0.00000182. The van der Waals surface area contributed by atoms with E-state index in [1.807, 2.05) is 13.1 Å². The number of piperidine rings is 1. The zero-order valence-corrected chi connectivity index (χ0v) is 15.5. The van der Waals surface area contributed by atoms with E-state index in [1.165, 1.54) is 12.0 Å². The van der Waals surface area contributed by atoms with E-state index in [0.29, 0.717) is 31.0 Å². The van der Waals surface area contributed by atoms with Crippen molar-refractivity contribution in [2.45, 2.75) is 25.2 Å². The summed E-state index contributed by atoms with van der Waals surface area (Å²) in [5.41, 5.74) is 1.21. The van der Waals surface area contributed by atoms with E-state index < -0.39 is 0 Å². The Hall–Kier alpha value is -1.46. The molecule has 138 valence electrons. The molecule has 1 aliphatic carbocycles. The third-order valence-electron chi connectivity index (χ3n) is 5.43.